The third-order valence-corrected chi connectivity index (χ3v) is 4.10. The summed E-state index contributed by atoms with van der Waals surface area (Å²) < 4.78 is 27.3. The van der Waals surface area contributed by atoms with Gasteiger partial charge in [0.2, 0.25) is 0 Å². The largest absolute Gasteiger partial charge is 0.488 e. The first-order valence-corrected chi connectivity index (χ1v) is 7.80. The molecule has 0 aliphatic heterocycles. The average Bonchev–Trinajstić information content (AvgIpc) is 2.37. The minimum Gasteiger partial charge on any atom is -0.488 e. The highest BCUT2D eigenvalue weighted by atomic mass is 31.2. The molecule has 1 aromatic carbocycles. The van der Waals surface area contributed by atoms with E-state index in [-0.39, 0.29) is 37.5 Å². The van der Waals surface area contributed by atoms with Gasteiger partial charge in [0.25, 0.3) is 10.9 Å². The molecule has 19 heavy (non-hydrogen) atoms. The summed E-state index contributed by atoms with van der Waals surface area (Å²) >= 11 is 0. The predicted octanol–water partition coefficient (Wildman–Crippen LogP) is 1.32. The van der Waals surface area contributed by atoms with Crippen molar-refractivity contribution in [1.82, 2.24) is 0 Å². The molecule has 0 atom stereocenters. The molecule has 0 aromatic heterocycles. The van der Waals surface area contributed by atoms with E-state index in [9.17, 15) is 14.2 Å². The Bertz CT molecular complexity index is 523. The normalized spacial score (nSPS) is 11.7. The number of nitrogens with one attached hydrogen (secondary N) is 1. The van der Waals surface area contributed by atoms with Crippen molar-refractivity contribution in [3.63, 3.8) is 0 Å². The second-order valence-electron chi connectivity index (χ2n) is 3.58. The summed E-state index contributed by atoms with van der Waals surface area (Å²) in [5, 5.41) is 2.62. The van der Waals surface area contributed by atoms with Crippen LogP contribution in [0.15, 0.2) is 9.59 Å². The average molecular weight is 291 g/mol. The Hall–Kier alpha value is -1.17. The second-order valence-corrected chi connectivity index (χ2v) is 5.63. The van der Waals surface area contributed by atoms with Crippen LogP contribution >= 0.6 is 7.60 Å². The Morgan fingerprint density at radius 1 is 1.00 bits per heavy atom. The molecule has 8 heteroatoms. The molecule has 0 heterocycles. The van der Waals surface area contributed by atoms with Crippen LogP contribution in [0.5, 0.6) is 5.75 Å². The first kappa shape index (κ1) is 15.9. The molecule has 0 aliphatic rings. The summed E-state index contributed by atoms with van der Waals surface area (Å²) in [4.78, 5) is 22.6. The SMILES string of the molecule is CCOc1c(NCP(=O)(OCC)OCC)c(=O)c1=O. The molecule has 0 saturated heterocycles. The van der Waals surface area contributed by atoms with E-state index in [0.29, 0.717) is 0 Å². The Morgan fingerprint density at radius 2 is 1.58 bits per heavy atom. The van der Waals surface area contributed by atoms with Crippen molar-refractivity contribution < 1.29 is 18.3 Å². The highest BCUT2D eigenvalue weighted by Gasteiger charge is 2.28. The zero-order chi connectivity index (χ0) is 14.5. The molecule has 1 aromatic rings. The standard InChI is InChI=1S/C11H18NO6P/c1-4-16-11-8(9(13)10(11)14)12-7-19(15,17-5-2)18-6-3/h12H,4-7H2,1-3H3. The summed E-state index contributed by atoms with van der Waals surface area (Å²) in [6, 6.07) is 0. The van der Waals surface area contributed by atoms with Crippen molar-refractivity contribution >= 4 is 13.3 Å². The number of hydrogen-bond acceptors (Lipinski definition) is 7. The number of anilines is 1. The van der Waals surface area contributed by atoms with Crippen LogP contribution in [-0.2, 0) is 13.6 Å². The van der Waals surface area contributed by atoms with E-state index in [2.05, 4.69) is 5.32 Å². The Balaban J connectivity index is 2.75. The smallest absolute Gasteiger partial charge is 0.349 e. The van der Waals surface area contributed by atoms with Gasteiger partial charge in [-0.1, -0.05) is 0 Å². The fraction of sp³-hybridized carbons (Fsp3) is 0.636. The van der Waals surface area contributed by atoms with Crippen LogP contribution in [0.2, 0.25) is 0 Å². The van der Waals surface area contributed by atoms with Crippen LogP contribution in [0.4, 0.5) is 5.69 Å². The van der Waals surface area contributed by atoms with Gasteiger partial charge in [-0.15, -0.1) is 0 Å². The molecule has 1 rings (SSSR count). The van der Waals surface area contributed by atoms with Crippen LogP contribution in [0, 0.1) is 0 Å². The van der Waals surface area contributed by atoms with Crippen molar-refractivity contribution in [2.75, 3.05) is 31.4 Å². The fourth-order valence-corrected chi connectivity index (χ4v) is 2.91. The minimum atomic E-state index is -3.31. The lowest BCUT2D eigenvalue weighted by Crippen LogP contribution is -2.36. The van der Waals surface area contributed by atoms with E-state index in [4.69, 9.17) is 13.8 Å². The maximum atomic E-state index is 12.1. The monoisotopic (exact) mass is 291 g/mol. The zero-order valence-electron chi connectivity index (χ0n) is 11.2. The van der Waals surface area contributed by atoms with Gasteiger partial charge in [0.1, 0.15) is 12.0 Å². The Morgan fingerprint density at radius 3 is 2.05 bits per heavy atom. The van der Waals surface area contributed by atoms with Gasteiger partial charge < -0.3 is 19.1 Å². The molecule has 0 radical (unpaired) electrons. The lowest BCUT2D eigenvalue weighted by Gasteiger charge is -2.19. The molecule has 1 N–H and O–H groups in total. The van der Waals surface area contributed by atoms with Gasteiger partial charge in [0.05, 0.1) is 19.8 Å². The van der Waals surface area contributed by atoms with Crippen LogP contribution in [0.25, 0.3) is 0 Å². The number of ether oxygens (including phenoxy) is 1. The molecule has 0 spiro atoms. The summed E-state index contributed by atoms with van der Waals surface area (Å²) in [7, 11) is -3.31. The Kier molecular flexibility index (Phi) is 5.72. The molecular formula is C11H18NO6P. The van der Waals surface area contributed by atoms with Crippen LogP contribution in [-0.4, -0.2) is 26.1 Å². The van der Waals surface area contributed by atoms with Crippen molar-refractivity contribution in [1.29, 1.82) is 0 Å². The quantitative estimate of drug-likeness (QED) is 0.542. The molecular weight excluding hydrogens is 273 g/mol. The van der Waals surface area contributed by atoms with E-state index in [1.165, 1.54) is 0 Å². The van der Waals surface area contributed by atoms with Crippen molar-refractivity contribution in [3.8, 4) is 5.75 Å². The van der Waals surface area contributed by atoms with Gasteiger partial charge >= 0.3 is 7.60 Å². The van der Waals surface area contributed by atoms with E-state index in [1.807, 2.05) is 0 Å². The Labute approximate surface area is 111 Å². The van der Waals surface area contributed by atoms with Gasteiger partial charge in [-0.2, -0.15) is 0 Å². The minimum absolute atomic E-state index is 0.0213. The lowest BCUT2D eigenvalue weighted by atomic mass is 10.2. The third kappa shape index (κ3) is 3.65. The molecule has 0 amide bonds. The summed E-state index contributed by atoms with van der Waals surface area (Å²) in [5.74, 6) is -0.0213. The molecule has 0 saturated carbocycles. The first-order chi connectivity index (χ1) is 8.99. The lowest BCUT2D eigenvalue weighted by molar-refractivity contribution is 0.221. The van der Waals surface area contributed by atoms with E-state index in [1.54, 1.807) is 20.8 Å². The summed E-state index contributed by atoms with van der Waals surface area (Å²) in [5.41, 5.74) is -1.32. The molecule has 0 fully saturated rings. The van der Waals surface area contributed by atoms with Gasteiger partial charge in [-0.05, 0) is 20.8 Å². The van der Waals surface area contributed by atoms with Crippen molar-refractivity contribution in [2.45, 2.75) is 20.8 Å². The third-order valence-electron chi connectivity index (χ3n) is 2.26. The van der Waals surface area contributed by atoms with Gasteiger partial charge in [-0.3, -0.25) is 14.2 Å². The van der Waals surface area contributed by atoms with Crippen LogP contribution in [0.3, 0.4) is 0 Å². The topological polar surface area (TPSA) is 90.9 Å². The first-order valence-electron chi connectivity index (χ1n) is 6.07. The van der Waals surface area contributed by atoms with E-state index in [0.717, 1.165) is 0 Å². The zero-order valence-corrected chi connectivity index (χ0v) is 12.1. The molecule has 0 unspecified atom stereocenters. The van der Waals surface area contributed by atoms with E-state index < -0.39 is 18.5 Å². The highest BCUT2D eigenvalue weighted by Crippen LogP contribution is 2.47. The maximum absolute atomic E-state index is 12.1. The molecule has 0 bridgehead atoms. The number of rotatable bonds is 9. The predicted molar refractivity (Wildman–Crippen MR) is 71.9 cm³/mol. The summed E-state index contributed by atoms with van der Waals surface area (Å²) in [6.07, 6.45) is -0.181. The summed E-state index contributed by atoms with van der Waals surface area (Å²) in [6.45, 7) is 5.80. The molecule has 108 valence electrons. The van der Waals surface area contributed by atoms with Gasteiger partial charge in [0, 0.05) is 0 Å². The molecule has 7 nitrogen and oxygen atoms in total. The second kappa shape index (κ2) is 6.84. The maximum Gasteiger partial charge on any atom is 0.349 e. The van der Waals surface area contributed by atoms with E-state index >= 15 is 0 Å². The fourth-order valence-electron chi connectivity index (χ4n) is 1.51. The van der Waals surface area contributed by atoms with Gasteiger partial charge in [-0.25, -0.2) is 0 Å². The number of hydrogen-bond donors (Lipinski definition) is 1. The highest BCUT2D eigenvalue weighted by molar-refractivity contribution is 7.53. The van der Waals surface area contributed by atoms with Crippen molar-refractivity contribution in [3.05, 3.63) is 20.4 Å². The molecule has 0 aliphatic carbocycles. The van der Waals surface area contributed by atoms with Gasteiger partial charge in [0.15, 0.2) is 5.75 Å². The van der Waals surface area contributed by atoms with Crippen LogP contribution < -0.4 is 20.9 Å². The van der Waals surface area contributed by atoms with Crippen LogP contribution in [0.1, 0.15) is 20.8 Å². The van der Waals surface area contributed by atoms with Crippen molar-refractivity contribution in [2.24, 2.45) is 0 Å².